The smallest absolute Gasteiger partial charge is 0.328 e. The summed E-state index contributed by atoms with van der Waals surface area (Å²) >= 11 is 0. The van der Waals surface area contributed by atoms with Gasteiger partial charge in [-0.25, -0.2) is 4.79 Å². The van der Waals surface area contributed by atoms with Gasteiger partial charge in [0.2, 0.25) is 0 Å². The van der Waals surface area contributed by atoms with E-state index in [-0.39, 0.29) is 0 Å². The van der Waals surface area contributed by atoms with Gasteiger partial charge in [0, 0.05) is 17.2 Å². The largest absolute Gasteiger partial charge is 0.496 e. The van der Waals surface area contributed by atoms with Crippen molar-refractivity contribution in [3.05, 3.63) is 76.9 Å². The molecule has 0 heterocycles. The fourth-order valence-corrected chi connectivity index (χ4v) is 2.51. The molecule has 0 amide bonds. The van der Waals surface area contributed by atoms with Crippen LogP contribution in [0.5, 0.6) is 11.5 Å². The van der Waals surface area contributed by atoms with Gasteiger partial charge in [-0.15, -0.1) is 0 Å². The number of carboxylic acids is 1. The molecular weight excluding hydrogens is 328 g/mol. The molecule has 1 N–H and O–H groups in total. The highest BCUT2D eigenvalue weighted by Gasteiger charge is 2.14. The highest BCUT2D eigenvalue weighted by molar-refractivity contribution is 5.86. The van der Waals surface area contributed by atoms with Crippen molar-refractivity contribution in [1.82, 2.24) is 0 Å². The Hall–Kier alpha value is -3.01. The van der Waals surface area contributed by atoms with Gasteiger partial charge in [-0.1, -0.05) is 42.0 Å². The van der Waals surface area contributed by atoms with Crippen molar-refractivity contribution in [2.75, 3.05) is 7.11 Å². The van der Waals surface area contributed by atoms with E-state index in [1.54, 1.807) is 13.2 Å². The van der Waals surface area contributed by atoms with Crippen LogP contribution in [0.15, 0.2) is 60.2 Å². The molecule has 0 aliphatic heterocycles. The van der Waals surface area contributed by atoms with E-state index in [1.165, 1.54) is 5.57 Å². The van der Waals surface area contributed by atoms with Gasteiger partial charge in [-0.05, 0) is 44.0 Å². The standard InChI is InChI=1S/C22H24O4/c1-16(2)9-12-19-20(25-3)13-10-18(11-14-21(23)24)22(19)26-15-17-7-5-4-6-8-17/h4-11,13-14H,12,15H2,1-3H3,(H,23,24)/b14-11+. The van der Waals surface area contributed by atoms with E-state index in [2.05, 4.69) is 6.08 Å². The molecule has 0 spiro atoms. The molecule has 0 aliphatic rings. The Bertz CT molecular complexity index is 800. The SMILES string of the molecule is COc1ccc(/C=C/C(=O)O)c(OCc2ccccc2)c1CC=C(C)C. The van der Waals surface area contributed by atoms with Crippen molar-refractivity contribution in [3.63, 3.8) is 0 Å². The average Bonchev–Trinajstić information content (AvgIpc) is 2.63. The first-order valence-electron chi connectivity index (χ1n) is 8.42. The summed E-state index contributed by atoms with van der Waals surface area (Å²) in [5.74, 6) is 0.363. The minimum atomic E-state index is -0.999. The topological polar surface area (TPSA) is 55.8 Å². The molecule has 4 heteroatoms. The summed E-state index contributed by atoms with van der Waals surface area (Å²) < 4.78 is 11.6. The zero-order chi connectivity index (χ0) is 18.9. The molecule has 0 atom stereocenters. The number of rotatable bonds is 8. The molecule has 0 bridgehead atoms. The van der Waals surface area contributed by atoms with E-state index in [9.17, 15) is 4.79 Å². The van der Waals surface area contributed by atoms with E-state index in [0.717, 1.165) is 23.0 Å². The number of ether oxygens (including phenoxy) is 2. The molecule has 0 unspecified atom stereocenters. The predicted octanol–water partition coefficient (Wildman–Crippen LogP) is 4.88. The molecule has 26 heavy (non-hydrogen) atoms. The molecule has 0 fully saturated rings. The summed E-state index contributed by atoms with van der Waals surface area (Å²) in [6, 6.07) is 13.5. The number of aliphatic carboxylic acids is 1. The van der Waals surface area contributed by atoms with Crippen LogP contribution in [0.3, 0.4) is 0 Å². The van der Waals surface area contributed by atoms with E-state index < -0.39 is 5.97 Å². The molecule has 4 nitrogen and oxygen atoms in total. The fourth-order valence-electron chi connectivity index (χ4n) is 2.51. The molecule has 0 aromatic heterocycles. The molecule has 2 aromatic rings. The summed E-state index contributed by atoms with van der Waals surface area (Å²) in [4.78, 5) is 10.9. The molecule has 2 aromatic carbocycles. The van der Waals surface area contributed by atoms with Gasteiger partial charge in [-0.2, -0.15) is 0 Å². The predicted molar refractivity (Wildman–Crippen MR) is 104 cm³/mol. The lowest BCUT2D eigenvalue weighted by Crippen LogP contribution is -2.03. The maximum Gasteiger partial charge on any atom is 0.328 e. The highest BCUT2D eigenvalue weighted by atomic mass is 16.5. The molecule has 0 saturated heterocycles. The van der Waals surface area contributed by atoms with Crippen LogP contribution in [0.2, 0.25) is 0 Å². The van der Waals surface area contributed by atoms with Crippen LogP contribution < -0.4 is 9.47 Å². The lowest BCUT2D eigenvalue weighted by Gasteiger charge is -2.17. The molecule has 0 saturated carbocycles. The maximum absolute atomic E-state index is 10.9. The highest BCUT2D eigenvalue weighted by Crippen LogP contribution is 2.35. The quantitative estimate of drug-likeness (QED) is 0.543. The zero-order valence-corrected chi connectivity index (χ0v) is 15.4. The third-order valence-electron chi connectivity index (χ3n) is 3.81. The molecule has 0 radical (unpaired) electrons. The van der Waals surface area contributed by atoms with Crippen molar-refractivity contribution in [3.8, 4) is 11.5 Å². The van der Waals surface area contributed by atoms with Gasteiger partial charge in [0.15, 0.2) is 0 Å². The number of methoxy groups -OCH3 is 1. The first-order valence-corrected chi connectivity index (χ1v) is 8.42. The van der Waals surface area contributed by atoms with E-state index in [0.29, 0.717) is 24.3 Å². The van der Waals surface area contributed by atoms with E-state index >= 15 is 0 Å². The Morgan fingerprint density at radius 2 is 1.85 bits per heavy atom. The van der Waals surface area contributed by atoms with Gasteiger partial charge >= 0.3 is 5.97 Å². The van der Waals surface area contributed by atoms with Gasteiger partial charge in [-0.3, -0.25) is 0 Å². The number of carbonyl (C=O) groups is 1. The van der Waals surface area contributed by atoms with Crippen LogP contribution in [-0.4, -0.2) is 18.2 Å². The van der Waals surface area contributed by atoms with Gasteiger partial charge in [0.05, 0.1) is 7.11 Å². The van der Waals surface area contributed by atoms with Crippen molar-refractivity contribution >= 4 is 12.0 Å². The van der Waals surface area contributed by atoms with Crippen LogP contribution in [-0.2, 0) is 17.8 Å². The van der Waals surface area contributed by atoms with Crippen molar-refractivity contribution in [2.24, 2.45) is 0 Å². The summed E-state index contributed by atoms with van der Waals surface area (Å²) in [7, 11) is 1.62. The third-order valence-corrected chi connectivity index (χ3v) is 3.81. The Morgan fingerprint density at radius 3 is 2.46 bits per heavy atom. The lowest BCUT2D eigenvalue weighted by molar-refractivity contribution is -0.131. The van der Waals surface area contributed by atoms with Gasteiger partial charge < -0.3 is 14.6 Å². The van der Waals surface area contributed by atoms with Crippen LogP contribution >= 0.6 is 0 Å². The Balaban J connectivity index is 2.45. The van der Waals surface area contributed by atoms with Crippen LogP contribution in [0.4, 0.5) is 0 Å². The summed E-state index contributed by atoms with van der Waals surface area (Å²) in [5, 5.41) is 8.96. The zero-order valence-electron chi connectivity index (χ0n) is 15.4. The number of hydrogen-bond acceptors (Lipinski definition) is 3. The summed E-state index contributed by atoms with van der Waals surface area (Å²) in [6.45, 7) is 4.46. The summed E-state index contributed by atoms with van der Waals surface area (Å²) in [6.07, 6.45) is 5.40. The number of carboxylic acid groups (broad SMARTS) is 1. The Labute approximate surface area is 154 Å². The van der Waals surface area contributed by atoms with Gasteiger partial charge in [0.1, 0.15) is 18.1 Å². The second kappa shape index (κ2) is 9.47. The van der Waals surface area contributed by atoms with Crippen LogP contribution in [0.1, 0.15) is 30.5 Å². The van der Waals surface area contributed by atoms with Crippen LogP contribution in [0.25, 0.3) is 6.08 Å². The Morgan fingerprint density at radius 1 is 1.12 bits per heavy atom. The monoisotopic (exact) mass is 352 g/mol. The maximum atomic E-state index is 10.9. The lowest BCUT2D eigenvalue weighted by atomic mass is 10.0. The number of allylic oxidation sites excluding steroid dienone is 2. The minimum Gasteiger partial charge on any atom is -0.496 e. The minimum absolute atomic E-state index is 0.393. The van der Waals surface area contributed by atoms with Crippen molar-refractivity contribution in [2.45, 2.75) is 26.9 Å². The van der Waals surface area contributed by atoms with Crippen molar-refractivity contribution in [1.29, 1.82) is 0 Å². The molecular formula is C22H24O4. The molecule has 0 aliphatic carbocycles. The van der Waals surface area contributed by atoms with Crippen molar-refractivity contribution < 1.29 is 19.4 Å². The van der Waals surface area contributed by atoms with E-state index in [1.807, 2.05) is 56.3 Å². The van der Waals surface area contributed by atoms with Crippen LogP contribution in [0, 0.1) is 0 Å². The molecule has 136 valence electrons. The van der Waals surface area contributed by atoms with Gasteiger partial charge in [0.25, 0.3) is 0 Å². The third kappa shape index (κ3) is 5.52. The fraction of sp³-hybridized carbons (Fsp3) is 0.227. The molecule has 2 rings (SSSR count). The first kappa shape index (κ1) is 19.3. The second-order valence-electron chi connectivity index (χ2n) is 6.10. The second-order valence-corrected chi connectivity index (χ2v) is 6.10. The Kier molecular flexibility index (Phi) is 7.03. The normalized spacial score (nSPS) is 10.6. The first-order chi connectivity index (χ1) is 12.5. The summed E-state index contributed by atoms with van der Waals surface area (Å²) in [5.41, 5.74) is 3.84. The van der Waals surface area contributed by atoms with E-state index in [4.69, 9.17) is 14.6 Å². The number of benzene rings is 2. The number of hydrogen-bond donors (Lipinski definition) is 1. The average molecular weight is 352 g/mol.